The van der Waals surface area contributed by atoms with Gasteiger partial charge in [0.2, 0.25) is 10.0 Å². The van der Waals surface area contributed by atoms with Gasteiger partial charge in [-0.05, 0) is 24.3 Å². The molecule has 21 heavy (non-hydrogen) atoms. The quantitative estimate of drug-likeness (QED) is 0.485. The zero-order valence-corrected chi connectivity index (χ0v) is 13.2. The molecule has 0 aliphatic rings. The summed E-state index contributed by atoms with van der Waals surface area (Å²) in [6.45, 7) is 2.90. The summed E-state index contributed by atoms with van der Waals surface area (Å²) >= 11 is 0. The maximum atomic E-state index is 12.1. The van der Waals surface area contributed by atoms with Gasteiger partial charge in [0.15, 0.2) is 18.4 Å². The van der Waals surface area contributed by atoms with E-state index in [1.165, 1.54) is 12.1 Å². The van der Waals surface area contributed by atoms with Crippen molar-refractivity contribution in [1.29, 1.82) is 0 Å². The number of sulfonamides is 1. The van der Waals surface area contributed by atoms with Crippen LogP contribution in [-0.2, 0) is 16.6 Å². The lowest BCUT2D eigenvalue weighted by Gasteiger charge is -2.06. The zero-order valence-electron chi connectivity index (χ0n) is 11.7. The second kappa shape index (κ2) is 7.40. The van der Waals surface area contributed by atoms with Crippen LogP contribution in [0, 0.1) is 6.92 Å². The minimum Gasteiger partial charge on any atom is -1.00 e. The van der Waals surface area contributed by atoms with E-state index in [0.717, 1.165) is 5.69 Å². The highest BCUT2D eigenvalue weighted by Crippen LogP contribution is 2.10. The van der Waals surface area contributed by atoms with Crippen LogP contribution in [0.5, 0.6) is 0 Å². The Labute approximate surface area is 131 Å². The average molecular weight is 328 g/mol. The molecule has 0 saturated carbocycles. The molecule has 1 aromatic heterocycles. The Hall–Kier alpha value is -1.63. The summed E-state index contributed by atoms with van der Waals surface area (Å²) in [6, 6.07) is 12.0. The highest BCUT2D eigenvalue weighted by atomic mass is 35.5. The molecule has 3 N–H and O–H groups in total. The summed E-state index contributed by atoms with van der Waals surface area (Å²) < 4.78 is 28.7. The molecular formula is C14H18ClN3O2S. The Balaban J connectivity index is 0.00000220. The van der Waals surface area contributed by atoms with Crippen LogP contribution in [0.25, 0.3) is 0 Å². The Morgan fingerprint density at radius 2 is 1.81 bits per heavy atom. The van der Waals surface area contributed by atoms with Crippen LogP contribution >= 0.6 is 0 Å². The maximum absolute atomic E-state index is 12.1. The number of nitrogen functional groups attached to an aromatic ring is 1. The van der Waals surface area contributed by atoms with E-state index in [2.05, 4.69) is 4.72 Å². The molecule has 2 aromatic rings. The number of aromatic nitrogens is 1. The molecule has 0 unspecified atom stereocenters. The minimum atomic E-state index is -3.48. The fourth-order valence-electron chi connectivity index (χ4n) is 1.84. The van der Waals surface area contributed by atoms with E-state index in [0.29, 0.717) is 18.8 Å². The Kier molecular flexibility index (Phi) is 6.14. The van der Waals surface area contributed by atoms with Crippen molar-refractivity contribution >= 4 is 15.7 Å². The summed E-state index contributed by atoms with van der Waals surface area (Å²) in [6.07, 6.45) is 1.92. The average Bonchev–Trinajstić information content (AvgIpc) is 2.41. The van der Waals surface area contributed by atoms with Gasteiger partial charge in [-0.25, -0.2) is 17.7 Å². The molecule has 1 heterocycles. The minimum absolute atomic E-state index is 0. The molecule has 7 heteroatoms. The lowest BCUT2D eigenvalue weighted by Crippen LogP contribution is -3.00. The predicted molar refractivity (Wildman–Crippen MR) is 77.4 cm³/mol. The van der Waals surface area contributed by atoms with Crippen molar-refractivity contribution < 1.29 is 25.4 Å². The molecule has 0 aliphatic carbocycles. The molecule has 5 nitrogen and oxygen atoms in total. The fraction of sp³-hybridized carbons (Fsp3) is 0.214. The highest BCUT2D eigenvalue weighted by molar-refractivity contribution is 7.89. The monoisotopic (exact) mass is 327 g/mol. The standard InChI is InChI=1S/C14H18N3O2S.ClH/c1-12-4-2-3-10-17(12)11-9-16-20(18,19)14-7-5-13(15)6-8-14;/h2-8,10,16H,9,11,15H2,1H3;1H/q+1;/p-1. The number of aryl methyl sites for hydroxylation is 1. The second-order valence-electron chi connectivity index (χ2n) is 4.50. The molecule has 0 spiro atoms. The molecular weight excluding hydrogens is 310 g/mol. The Bertz CT molecular complexity index is 688. The van der Waals surface area contributed by atoms with Crippen molar-refractivity contribution in [3.05, 3.63) is 54.4 Å². The van der Waals surface area contributed by atoms with Gasteiger partial charge in [-0.15, -0.1) is 0 Å². The molecule has 0 aliphatic heterocycles. The smallest absolute Gasteiger partial charge is 0.240 e. The Morgan fingerprint density at radius 1 is 1.14 bits per heavy atom. The summed E-state index contributed by atoms with van der Waals surface area (Å²) in [4.78, 5) is 0.224. The second-order valence-corrected chi connectivity index (χ2v) is 6.27. The number of pyridine rings is 1. The summed E-state index contributed by atoms with van der Waals surface area (Å²) in [5, 5.41) is 0. The number of nitrogens with two attached hydrogens (primary N) is 1. The van der Waals surface area contributed by atoms with Crippen molar-refractivity contribution in [3.63, 3.8) is 0 Å². The van der Waals surface area contributed by atoms with Crippen LogP contribution in [0.4, 0.5) is 5.69 Å². The van der Waals surface area contributed by atoms with Crippen LogP contribution in [0.3, 0.4) is 0 Å². The van der Waals surface area contributed by atoms with Crippen molar-refractivity contribution in [1.82, 2.24) is 4.72 Å². The molecule has 0 bridgehead atoms. The van der Waals surface area contributed by atoms with Crippen LogP contribution in [0.1, 0.15) is 5.69 Å². The number of hydrogen-bond acceptors (Lipinski definition) is 3. The first kappa shape index (κ1) is 17.4. The summed E-state index contributed by atoms with van der Waals surface area (Å²) in [5.74, 6) is 0. The van der Waals surface area contributed by atoms with Crippen molar-refractivity contribution in [2.75, 3.05) is 12.3 Å². The predicted octanol–water partition coefficient (Wildman–Crippen LogP) is -2.15. The van der Waals surface area contributed by atoms with Crippen LogP contribution in [0.15, 0.2) is 53.6 Å². The molecule has 114 valence electrons. The molecule has 0 saturated heterocycles. The van der Waals surface area contributed by atoms with Gasteiger partial charge >= 0.3 is 0 Å². The Morgan fingerprint density at radius 3 is 2.43 bits per heavy atom. The van der Waals surface area contributed by atoms with Crippen LogP contribution in [0.2, 0.25) is 0 Å². The van der Waals surface area contributed by atoms with Crippen LogP contribution < -0.4 is 27.4 Å². The van der Waals surface area contributed by atoms with Gasteiger partial charge in [-0.2, -0.15) is 0 Å². The van der Waals surface area contributed by atoms with E-state index in [4.69, 9.17) is 5.73 Å². The lowest BCUT2D eigenvalue weighted by molar-refractivity contribution is -0.700. The number of halogens is 1. The van der Waals surface area contributed by atoms with Gasteiger partial charge in [0.1, 0.15) is 0 Å². The lowest BCUT2D eigenvalue weighted by atomic mass is 10.3. The number of rotatable bonds is 5. The van der Waals surface area contributed by atoms with Crippen molar-refractivity contribution in [2.45, 2.75) is 18.4 Å². The number of anilines is 1. The van der Waals surface area contributed by atoms with E-state index in [1.54, 1.807) is 12.1 Å². The first-order valence-electron chi connectivity index (χ1n) is 6.29. The van der Waals surface area contributed by atoms with Gasteiger partial charge in [-0.1, -0.05) is 6.07 Å². The van der Waals surface area contributed by atoms with Gasteiger partial charge in [0, 0.05) is 24.7 Å². The van der Waals surface area contributed by atoms with E-state index in [-0.39, 0.29) is 17.3 Å². The van der Waals surface area contributed by atoms with E-state index in [1.807, 2.05) is 35.9 Å². The third-order valence-electron chi connectivity index (χ3n) is 3.00. The first-order valence-corrected chi connectivity index (χ1v) is 7.78. The van der Waals surface area contributed by atoms with Crippen molar-refractivity contribution in [2.24, 2.45) is 0 Å². The number of benzene rings is 1. The number of nitrogens with one attached hydrogen (secondary N) is 1. The number of hydrogen-bond donors (Lipinski definition) is 2. The topological polar surface area (TPSA) is 76.1 Å². The summed E-state index contributed by atoms with van der Waals surface area (Å²) in [7, 11) is -3.48. The van der Waals surface area contributed by atoms with E-state index >= 15 is 0 Å². The summed E-state index contributed by atoms with van der Waals surface area (Å²) in [5.41, 5.74) is 7.17. The highest BCUT2D eigenvalue weighted by Gasteiger charge is 2.14. The SMILES string of the molecule is Cc1cccc[n+]1CCNS(=O)(=O)c1ccc(N)cc1.[Cl-]. The third kappa shape index (κ3) is 4.70. The molecule has 0 amide bonds. The molecule has 1 aromatic carbocycles. The van der Waals surface area contributed by atoms with Gasteiger partial charge in [0.25, 0.3) is 0 Å². The largest absolute Gasteiger partial charge is 1.00 e. The fourth-order valence-corrected chi connectivity index (χ4v) is 2.86. The molecule has 0 atom stereocenters. The third-order valence-corrected chi connectivity index (χ3v) is 4.48. The normalized spacial score (nSPS) is 10.9. The molecule has 0 fully saturated rings. The van der Waals surface area contributed by atoms with E-state index < -0.39 is 10.0 Å². The van der Waals surface area contributed by atoms with E-state index in [9.17, 15) is 8.42 Å². The van der Waals surface area contributed by atoms with Gasteiger partial charge in [-0.3, -0.25) is 0 Å². The molecule has 2 rings (SSSR count). The van der Waals surface area contributed by atoms with Crippen LogP contribution in [-0.4, -0.2) is 15.0 Å². The van der Waals surface area contributed by atoms with Gasteiger partial charge in [0.05, 0.1) is 11.4 Å². The van der Waals surface area contributed by atoms with Crippen molar-refractivity contribution in [3.8, 4) is 0 Å². The number of nitrogens with zero attached hydrogens (tertiary/aromatic N) is 1. The molecule has 0 radical (unpaired) electrons. The van der Waals surface area contributed by atoms with Gasteiger partial charge < -0.3 is 18.1 Å². The maximum Gasteiger partial charge on any atom is 0.240 e. The first-order chi connectivity index (χ1) is 9.49. The zero-order chi connectivity index (χ0) is 14.6.